The van der Waals surface area contributed by atoms with E-state index in [1.54, 1.807) is 17.4 Å². The summed E-state index contributed by atoms with van der Waals surface area (Å²) in [6, 6.07) is 5.61. The summed E-state index contributed by atoms with van der Waals surface area (Å²) in [4.78, 5) is 0.435. The van der Waals surface area contributed by atoms with Gasteiger partial charge in [-0.05, 0) is 48.9 Å². The van der Waals surface area contributed by atoms with Crippen molar-refractivity contribution in [3.63, 3.8) is 0 Å². The minimum atomic E-state index is -3.39. The van der Waals surface area contributed by atoms with E-state index in [1.807, 2.05) is 12.1 Å². The number of fused-ring (bicyclic) bond motifs is 1. The van der Waals surface area contributed by atoms with Gasteiger partial charge in [0, 0.05) is 25.3 Å². The fourth-order valence-electron chi connectivity index (χ4n) is 3.62. The highest BCUT2D eigenvalue weighted by Crippen LogP contribution is 2.32. The van der Waals surface area contributed by atoms with E-state index in [4.69, 9.17) is 0 Å². The van der Waals surface area contributed by atoms with E-state index >= 15 is 0 Å². The highest BCUT2D eigenvalue weighted by Gasteiger charge is 2.33. The van der Waals surface area contributed by atoms with Crippen molar-refractivity contribution in [2.75, 3.05) is 18.9 Å². The van der Waals surface area contributed by atoms with Gasteiger partial charge in [-0.25, -0.2) is 8.42 Å². The van der Waals surface area contributed by atoms with Crippen LogP contribution in [0.1, 0.15) is 38.2 Å². The molecule has 0 bridgehead atoms. The van der Waals surface area contributed by atoms with Crippen LogP contribution in [0.5, 0.6) is 0 Å². The van der Waals surface area contributed by atoms with Gasteiger partial charge < -0.3 is 5.32 Å². The molecule has 1 N–H and O–H groups in total. The number of anilines is 1. The van der Waals surface area contributed by atoms with Crippen molar-refractivity contribution in [3.8, 4) is 0 Å². The van der Waals surface area contributed by atoms with Crippen molar-refractivity contribution in [2.45, 2.75) is 50.0 Å². The standard InChI is InChI=1S/C16H24N2O2S/c1-12-5-3-4-6-16(12)18(2)21(19,20)14-7-8-15-13(11-14)9-10-17-15/h7-8,11-12,16-17H,3-6,9-10H2,1-2H3. The molecule has 0 amide bonds. The first-order valence-electron chi connectivity index (χ1n) is 7.85. The Balaban J connectivity index is 1.89. The van der Waals surface area contributed by atoms with E-state index in [2.05, 4.69) is 12.2 Å². The average molecular weight is 308 g/mol. The van der Waals surface area contributed by atoms with Gasteiger partial charge in [-0.15, -0.1) is 0 Å². The summed E-state index contributed by atoms with van der Waals surface area (Å²) in [5.41, 5.74) is 2.18. The van der Waals surface area contributed by atoms with Gasteiger partial charge in [-0.2, -0.15) is 4.31 Å². The zero-order valence-corrected chi connectivity index (χ0v) is 13.6. The SMILES string of the molecule is CC1CCCCC1N(C)S(=O)(=O)c1ccc2c(c1)CCN2. The van der Waals surface area contributed by atoms with E-state index in [9.17, 15) is 8.42 Å². The fourth-order valence-corrected chi connectivity index (χ4v) is 5.16. The molecule has 1 heterocycles. The molecule has 1 aromatic carbocycles. The predicted molar refractivity (Wildman–Crippen MR) is 85.0 cm³/mol. The Hall–Kier alpha value is -1.07. The number of hydrogen-bond donors (Lipinski definition) is 1. The number of benzene rings is 1. The molecule has 0 spiro atoms. The number of nitrogens with zero attached hydrogens (tertiary/aromatic N) is 1. The second kappa shape index (κ2) is 5.61. The van der Waals surface area contributed by atoms with E-state index in [0.29, 0.717) is 10.8 Å². The smallest absolute Gasteiger partial charge is 0.243 e. The molecule has 5 heteroatoms. The van der Waals surface area contributed by atoms with Crippen molar-refractivity contribution >= 4 is 15.7 Å². The van der Waals surface area contributed by atoms with Crippen LogP contribution in [0.4, 0.5) is 5.69 Å². The Morgan fingerprint density at radius 2 is 2.00 bits per heavy atom. The van der Waals surface area contributed by atoms with E-state index < -0.39 is 10.0 Å². The highest BCUT2D eigenvalue weighted by molar-refractivity contribution is 7.89. The zero-order valence-electron chi connectivity index (χ0n) is 12.8. The molecule has 4 nitrogen and oxygen atoms in total. The molecule has 1 aromatic rings. The van der Waals surface area contributed by atoms with Crippen LogP contribution in [0.2, 0.25) is 0 Å². The Morgan fingerprint density at radius 3 is 2.76 bits per heavy atom. The molecule has 1 aliphatic carbocycles. The first-order chi connectivity index (χ1) is 10.00. The normalized spacial score (nSPS) is 25.7. The summed E-state index contributed by atoms with van der Waals surface area (Å²) < 4.78 is 27.4. The number of rotatable bonds is 3. The minimum absolute atomic E-state index is 0.134. The maximum atomic E-state index is 12.9. The van der Waals surface area contributed by atoms with E-state index in [1.165, 1.54) is 6.42 Å². The van der Waals surface area contributed by atoms with Crippen molar-refractivity contribution in [2.24, 2.45) is 5.92 Å². The minimum Gasteiger partial charge on any atom is -0.384 e. The summed E-state index contributed by atoms with van der Waals surface area (Å²) in [6.45, 7) is 3.07. The number of nitrogens with one attached hydrogen (secondary N) is 1. The van der Waals surface area contributed by atoms with Gasteiger partial charge in [-0.3, -0.25) is 0 Å². The van der Waals surface area contributed by atoms with Crippen LogP contribution in [0.25, 0.3) is 0 Å². The molecule has 21 heavy (non-hydrogen) atoms. The molecule has 2 aliphatic rings. The predicted octanol–water partition coefficient (Wildman–Crippen LogP) is 2.85. The van der Waals surface area contributed by atoms with Crippen molar-refractivity contribution in [1.29, 1.82) is 0 Å². The van der Waals surface area contributed by atoms with Crippen LogP contribution in [-0.4, -0.2) is 32.4 Å². The van der Waals surface area contributed by atoms with Gasteiger partial charge in [0.2, 0.25) is 10.0 Å². The lowest BCUT2D eigenvalue weighted by Gasteiger charge is -2.35. The first-order valence-corrected chi connectivity index (χ1v) is 9.29. The Bertz CT molecular complexity index is 627. The largest absolute Gasteiger partial charge is 0.384 e. The van der Waals surface area contributed by atoms with Gasteiger partial charge >= 0.3 is 0 Å². The number of sulfonamides is 1. The third-order valence-corrected chi connectivity index (χ3v) is 6.88. The third-order valence-electron chi connectivity index (χ3n) is 5.00. The molecule has 1 fully saturated rings. The first kappa shape index (κ1) is 14.9. The van der Waals surface area contributed by atoms with E-state index in [-0.39, 0.29) is 6.04 Å². The molecular formula is C16H24N2O2S. The lowest BCUT2D eigenvalue weighted by Crippen LogP contribution is -2.42. The zero-order chi connectivity index (χ0) is 15.0. The average Bonchev–Trinajstić information content (AvgIpc) is 2.94. The van der Waals surface area contributed by atoms with Gasteiger partial charge in [0.05, 0.1) is 4.90 Å². The van der Waals surface area contributed by atoms with Crippen LogP contribution in [0.15, 0.2) is 23.1 Å². The quantitative estimate of drug-likeness (QED) is 0.934. The van der Waals surface area contributed by atoms with Gasteiger partial charge in [0.15, 0.2) is 0 Å². The maximum Gasteiger partial charge on any atom is 0.243 e. The molecule has 0 aromatic heterocycles. The van der Waals surface area contributed by atoms with Crippen LogP contribution >= 0.6 is 0 Å². The summed E-state index contributed by atoms with van der Waals surface area (Å²) >= 11 is 0. The summed E-state index contributed by atoms with van der Waals surface area (Å²) in [7, 11) is -1.64. The third kappa shape index (κ3) is 2.69. The molecule has 0 saturated heterocycles. The van der Waals surface area contributed by atoms with E-state index in [0.717, 1.165) is 43.5 Å². The highest BCUT2D eigenvalue weighted by atomic mass is 32.2. The van der Waals surface area contributed by atoms with Crippen molar-refractivity contribution in [1.82, 2.24) is 4.31 Å². The molecule has 2 unspecified atom stereocenters. The van der Waals surface area contributed by atoms with Crippen LogP contribution in [-0.2, 0) is 16.4 Å². The van der Waals surface area contributed by atoms with Crippen LogP contribution in [0, 0.1) is 5.92 Å². The summed E-state index contributed by atoms with van der Waals surface area (Å²) in [5.74, 6) is 0.439. The van der Waals surface area contributed by atoms with Gasteiger partial charge in [-0.1, -0.05) is 19.8 Å². The summed E-state index contributed by atoms with van der Waals surface area (Å²) in [6.07, 6.45) is 5.35. The number of hydrogen-bond acceptors (Lipinski definition) is 3. The Labute approximate surface area is 127 Å². The topological polar surface area (TPSA) is 49.4 Å². The lowest BCUT2D eigenvalue weighted by atomic mass is 9.86. The Kier molecular flexibility index (Phi) is 3.97. The molecule has 116 valence electrons. The Morgan fingerprint density at radius 1 is 1.24 bits per heavy atom. The summed E-state index contributed by atoms with van der Waals surface area (Å²) in [5, 5.41) is 3.27. The molecule has 0 radical (unpaired) electrons. The lowest BCUT2D eigenvalue weighted by molar-refractivity contribution is 0.213. The monoisotopic (exact) mass is 308 g/mol. The van der Waals surface area contributed by atoms with Gasteiger partial charge in [0.1, 0.15) is 0 Å². The fraction of sp³-hybridized carbons (Fsp3) is 0.625. The van der Waals surface area contributed by atoms with Crippen molar-refractivity contribution < 1.29 is 8.42 Å². The second-order valence-electron chi connectivity index (χ2n) is 6.35. The maximum absolute atomic E-state index is 12.9. The second-order valence-corrected chi connectivity index (χ2v) is 8.34. The molecule has 2 atom stereocenters. The van der Waals surface area contributed by atoms with Gasteiger partial charge in [0.25, 0.3) is 0 Å². The molecule has 3 rings (SSSR count). The molecular weight excluding hydrogens is 284 g/mol. The van der Waals surface area contributed by atoms with Crippen molar-refractivity contribution in [3.05, 3.63) is 23.8 Å². The van der Waals surface area contributed by atoms with Crippen LogP contribution < -0.4 is 5.32 Å². The molecule has 1 aliphatic heterocycles. The van der Waals surface area contributed by atoms with Crippen LogP contribution in [0.3, 0.4) is 0 Å². The molecule has 1 saturated carbocycles.